The van der Waals surface area contributed by atoms with E-state index in [1.54, 1.807) is 22.6 Å². The molecule has 0 amide bonds. The van der Waals surface area contributed by atoms with Crippen molar-refractivity contribution in [2.24, 2.45) is 5.92 Å². The molecule has 1 rings (SSSR count). The van der Waals surface area contributed by atoms with Gasteiger partial charge < -0.3 is 10.2 Å². The molecule has 2 N–H and O–H groups in total. The molecule has 1 aromatic rings. The van der Waals surface area contributed by atoms with Crippen LogP contribution in [0.25, 0.3) is 0 Å². The summed E-state index contributed by atoms with van der Waals surface area (Å²) < 4.78 is 116. The molecule has 156 valence electrons. The molecule has 0 spiro atoms. The van der Waals surface area contributed by atoms with E-state index < -0.39 is 59.3 Å². The van der Waals surface area contributed by atoms with Gasteiger partial charge in [0.2, 0.25) is 0 Å². The normalized spacial score (nSPS) is 18.1. The first kappa shape index (κ1) is 24.3. The number of aliphatic hydroxyl groups excluding tert-OH is 1. The van der Waals surface area contributed by atoms with Crippen LogP contribution >= 0.6 is 22.6 Å². The molecular weight excluding hydrogens is 510 g/mol. The summed E-state index contributed by atoms with van der Waals surface area (Å²) in [6.07, 6.45) is -19.5. The molecule has 0 radical (unpaired) electrons. The Hall–Kier alpha value is -0.760. The van der Waals surface area contributed by atoms with Gasteiger partial charge in [-0.2, -0.15) is 39.5 Å². The second-order valence-electron chi connectivity index (χ2n) is 5.93. The van der Waals surface area contributed by atoms with E-state index in [1.807, 2.05) is 0 Å². The molecule has 1 aromatic carbocycles. The van der Waals surface area contributed by atoms with Crippen molar-refractivity contribution in [2.75, 3.05) is 4.43 Å². The van der Waals surface area contributed by atoms with Crippen LogP contribution in [0.5, 0.6) is 0 Å². The molecule has 0 aliphatic heterocycles. The Morgan fingerprint density at radius 2 is 1.22 bits per heavy atom. The van der Waals surface area contributed by atoms with Crippen LogP contribution in [-0.2, 0) is 18.0 Å². The third-order valence-corrected chi connectivity index (χ3v) is 4.66. The number of hydrogen-bond acceptors (Lipinski definition) is 2. The molecule has 3 atom stereocenters. The maximum atomic E-state index is 13.0. The van der Waals surface area contributed by atoms with Gasteiger partial charge in [0, 0.05) is 10.3 Å². The molecule has 2 nitrogen and oxygen atoms in total. The highest BCUT2D eigenvalue weighted by atomic mass is 127. The average molecular weight is 524 g/mol. The van der Waals surface area contributed by atoms with Crippen LogP contribution in [0.15, 0.2) is 18.2 Å². The van der Waals surface area contributed by atoms with Gasteiger partial charge in [-0.05, 0) is 30.2 Å². The highest BCUT2D eigenvalue weighted by Gasteiger charge is 2.51. The Bertz CT molecular complexity index is 622. The second-order valence-corrected chi connectivity index (χ2v) is 7.01. The van der Waals surface area contributed by atoms with Gasteiger partial charge in [0.05, 0.1) is 16.7 Å². The van der Waals surface area contributed by atoms with Gasteiger partial charge in [-0.25, -0.2) is 0 Å². The zero-order valence-corrected chi connectivity index (χ0v) is 15.6. The van der Waals surface area contributed by atoms with Crippen LogP contribution in [0.2, 0.25) is 0 Å². The van der Waals surface area contributed by atoms with Crippen molar-refractivity contribution in [1.29, 1.82) is 0 Å². The van der Waals surface area contributed by atoms with Gasteiger partial charge in [0.15, 0.2) is 6.10 Å². The van der Waals surface area contributed by atoms with Gasteiger partial charge in [0.25, 0.3) is 0 Å². The van der Waals surface area contributed by atoms with Crippen molar-refractivity contribution in [3.63, 3.8) is 0 Å². The van der Waals surface area contributed by atoms with Gasteiger partial charge in [-0.1, -0.05) is 29.5 Å². The van der Waals surface area contributed by atoms with E-state index in [2.05, 4.69) is 0 Å². The molecule has 0 heterocycles. The fraction of sp³-hybridized carbons (Fsp3) is 0.600. The molecule has 27 heavy (non-hydrogen) atoms. The van der Waals surface area contributed by atoms with Crippen molar-refractivity contribution in [3.8, 4) is 0 Å². The first-order chi connectivity index (χ1) is 11.9. The lowest BCUT2D eigenvalue weighted by Gasteiger charge is -2.38. The minimum atomic E-state index is -5.23. The molecule has 0 fully saturated rings. The predicted molar refractivity (Wildman–Crippen MR) is 85.1 cm³/mol. The summed E-state index contributed by atoms with van der Waals surface area (Å²) in [5.74, 6) is -2.13. The SMILES string of the molecule is CC(C(O)C(F)(F)F)C(O)(CCI)c1cc(C(F)(F)F)cc(C(F)(F)F)c1. The number of hydrogen-bond donors (Lipinski definition) is 2. The molecule has 0 saturated heterocycles. The van der Waals surface area contributed by atoms with Crippen LogP contribution in [0.3, 0.4) is 0 Å². The highest BCUT2D eigenvalue weighted by molar-refractivity contribution is 14.1. The van der Waals surface area contributed by atoms with Crippen molar-refractivity contribution >= 4 is 22.6 Å². The van der Waals surface area contributed by atoms with Crippen LogP contribution in [-0.4, -0.2) is 26.9 Å². The van der Waals surface area contributed by atoms with E-state index in [1.165, 1.54) is 0 Å². The van der Waals surface area contributed by atoms with Gasteiger partial charge in [-0.3, -0.25) is 0 Å². The topological polar surface area (TPSA) is 40.5 Å². The first-order valence-electron chi connectivity index (χ1n) is 7.27. The quantitative estimate of drug-likeness (QED) is 0.312. The zero-order chi connectivity index (χ0) is 21.4. The average Bonchev–Trinajstić information content (AvgIpc) is 2.50. The van der Waals surface area contributed by atoms with Crippen molar-refractivity contribution < 1.29 is 49.7 Å². The fourth-order valence-corrected chi connectivity index (χ4v) is 3.35. The molecule has 0 bridgehead atoms. The van der Waals surface area contributed by atoms with E-state index in [9.17, 15) is 49.7 Å². The minimum absolute atomic E-state index is 0.0965. The maximum Gasteiger partial charge on any atom is 0.416 e. The highest BCUT2D eigenvalue weighted by Crippen LogP contribution is 2.44. The van der Waals surface area contributed by atoms with E-state index in [0.29, 0.717) is 6.92 Å². The molecule has 12 heteroatoms. The van der Waals surface area contributed by atoms with Crippen molar-refractivity contribution in [3.05, 3.63) is 34.9 Å². The van der Waals surface area contributed by atoms with Crippen LogP contribution in [0.1, 0.15) is 30.0 Å². The Kier molecular flexibility index (Phi) is 7.13. The molecular formula is C15H14F9IO2. The third-order valence-electron chi connectivity index (χ3n) is 4.13. The largest absolute Gasteiger partial charge is 0.416 e. The van der Waals surface area contributed by atoms with Crippen LogP contribution in [0, 0.1) is 5.92 Å². The lowest BCUT2D eigenvalue weighted by Crippen LogP contribution is -2.47. The Balaban J connectivity index is 3.68. The monoisotopic (exact) mass is 524 g/mol. The number of aliphatic hydroxyl groups is 2. The Morgan fingerprint density at radius 1 is 0.852 bits per heavy atom. The lowest BCUT2D eigenvalue weighted by atomic mass is 9.76. The molecule has 0 aromatic heterocycles. The third kappa shape index (κ3) is 5.62. The van der Waals surface area contributed by atoms with Gasteiger partial charge >= 0.3 is 18.5 Å². The Morgan fingerprint density at radius 3 is 1.52 bits per heavy atom. The summed E-state index contributed by atoms with van der Waals surface area (Å²) in [6.45, 7) is 0.706. The van der Waals surface area contributed by atoms with Crippen LogP contribution < -0.4 is 0 Å². The summed E-state index contributed by atoms with van der Waals surface area (Å²) in [4.78, 5) is 0. The van der Waals surface area contributed by atoms with Gasteiger partial charge in [-0.15, -0.1) is 0 Å². The lowest BCUT2D eigenvalue weighted by molar-refractivity contribution is -0.239. The summed E-state index contributed by atoms with van der Waals surface area (Å²) in [6, 6.07) is 0.140. The number of rotatable bonds is 5. The van der Waals surface area contributed by atoms with E-state index in [-0.39, 0.29) is 22.6 Å². The standard InChI is InChI=1S/C15H14F9IO2/c1-7(11(26)15(22,23)24)12(27,2-3-25)8-4-9(13(16,17)18)6-10(5-8)14(19,20)21/h4-7,11,26-27H,2-3H2,1H3. The summed E-state index contributed by atoms with van der Waals surface area (Å²) in [5, 5.41) is 20.1. The maximum absolute atomic E-state index is 13.0. The molecule has 0 saturated carbocycles. The molecule has 0 aliphatic carbocycles. The summed E-state index contributed by atoms with van der Waals surface area (Å²) in [5.41, 5.74) is -7.32. The molecule has 0 aliphatic rings. The van der Waals surface area contributed by atoms with Gasteiger partial charge in [0.1, 0.15) is 0 Å². The first-order valence-corrected chi connectivity index (χ1v) is 8.80. The zero-order valence-electron chi connectivity index (χ0n) is 13.5. The van der Waals surface area contributed by atoms with Crippen LogP contribution in [0.4, 0.5) is 39.5 Å². The Labute approximate surface area is 161 Å². The summed E-state index contributed by atoms with van der Waals surface area (Å²) >= 11 is 1.60. The predicted octanol–water partition coefficient (Wildman–Crippen LogP) is 5.30. The second kappa shape index (κ2) is 7.93. The minimum Gasteiger partial charge on any atom is -0.385 e. The van der Waals surface area contributed by atoms with E-state index in [4.69, 9.17) is 0 Å². The van der Waals surface area contributed by atoms with E-state index >= 15 is 0 Å². The number of alkyl halides is 10. The smallest absolute Gasteiger partial charge is 0.385 e. The van der Waals surface area contributed by atoms with Crippen molar-refractivity contribution in [1.82, 2.24) is 0 Å². The number of halogens is 10. The summed E-state index contributed by atoms with van der Waals surface area (Å²) in [7, 11) is 0. The van der Waals surface area contributed by atoms with E-state index in [0.717, 1.165) is 0 Å². The fourth-order valence-electron chi connectivity index (χ4n) is 2.53. The number of benzene rings is 1. The van der Waals surface area contributed by atoms with Crippen molar-refractivity contribution in [2.45, 2.75) is 43.6 Å². The molecule has 3 unspecified atom stereocenters.